The van der Waals surface area contributed by atoms with Crippen LogP contribution in [0.5, 0.6) is 11.5 Å². The van der Waals surface area contributed by atoms with Crippen LogP contribution >= 0.6 is 0 Å². The van der Waals surface area contributed by atoms with E-state index in [1.807, 2.05) is 12.1 Å². The van der Waals surface area contributed by atoms with Gasteiger partial charge in [0.2, 0.25) is 11.3 Å². The molecule has 0 bridgehead atoms. The third-order valence-electron chi connectivity index (χ3n) is 8.25. The normalized spacial score (nSPS) is 20.8. The van der Waals surface area contributed by atoms with Gasteiger partial charge in [0.25, 0.3) is 11.8 Å². The summed E-state index contributed by atoms with van der Waals surface area (Å²) in [6.07, 6.45) is 3.56. The molecule has 4 aliphatic heterocycles. The van der Waals surface area contributed by atoms with E-state index in [1.165, 1.54) is 12.3 Å². The molecule has 3 fully saturated rings. The number of nitrogens with one attached hydrogen (secondary N) is 3. The quantitative estimate of drug-likeness (QED) is 0.309. The molecule has 3 aromatic rings. The van der Waals surface area contributed by atoms with E-state index in [-0.39, 0.29) is 47.3 Å². The molecule has 7 rings (SSSR count). The summed E-state index contributed by atoms with van der Waals surface area (Å²) < 4.78 is 23.9. The molecule has 0 saturated carbocycles. The van der Waals surface area contributed by atoms with E-state index in [1.54, 1.807) is 26.5 Å². The number of hydrogen-bond donors (Lipinski definition) is 3. The van der Waals surface area contributed by atoms with E-state index in [9.17, 15) is 24.0 Å². The molecular weight excluding hydrogens is 547 g/mol. The number of ether oxygens (including phenoxy) is 1. The summed E-state index contributed by atoms with van der Waals surface area (Å²) in [5, 5.41) is 7.40. The number of fused-ring (bicyclic) bond motifs is 2. The minimum Gasteiger partial charge on any atom is -0.451 e. The van der Waals surface area contributed by atoms with Crippen molar-refractivity contribution in [3.8, 4) is 17.2 Å². The van der Waals surface area contributed by atoms with E-state index in [0.717, 1.165) is 12.8 Å². The second-order valence-electron chi connectivity index (χ2n) is 11.0. The van der Waals surface area contributed by atoms with Crippen molar-refractivity contribution >= 4 is 40.3 Å². The number of amides is 5. The van der Waals surface area contributed by atoms with Gasteiger partial charge in [-0.05, 0) is 37.5 Å². The fraction of sp³-hybridized carbons (Fsp3) is 0.345. The van der Waals surface area contributed by atoms with Crippen molar-refractivity contribution in [2.45, 2.75) is 37.8 Å². The molecule has 2 unspecified atom stereocenters. The van der Waals surface area contributed by atoms with Crippen molar-refractivity contribution in [3.05, 3.63) is 58.1 Å². The Balaban J connectivity index is 1.23. The molecule has 4 aliphatic rings. The Kier molecular flexibility index (Phi) is 6.10. The molecule has 5 heterocycles. The minimum atomic E-state index is -0.940. The topological polar surface area (TPSA) is 142 Å². The Morgan fingerprint density at radius 2 is 1.88 bits per heavy atom. The van der Waals surface area contributed by atoms with Crippen LogP contribution in [0, 0.1) is 5.82 Å². The van der Waals surface area contributed by atoms with Crippen molar-refractivity contribution in [2.24, 2.45) is 0 Å². The number of carbonyl (C=O) groups excluding carboxylic acids is 4. The summed E-state index contributed by atoms with van der Waals surface area (Å²) in [5.41, 5.74) is 0.571. The maximum absolute atomic E-state index is 16.0. The number of carbonyl (C=O) groups is 4. The maximum Gasteiger partial charge on any atom is 0.322 e. The molecule has 13 heteroatoms. The lowest BCUT2D eigenvalue weighted by atomic mass is 10.1. The number of halogens is 1. The van der Waals surface area contributed by atoms with Gasteiger partial charge < -0.3 is 29.7 Å². The fourth-order valence-electron chi connectivity index (χ4n) is 6.25. The summed E-state index contributed by atoms with van der Waals surface area (Å²) in [6.45, 7) is 1.79. The van der Waals surface area contributed by atoms with Gasteiger partial charge in [0.05, 0.1) is 17.5 Å². The van der Waals surface area contributed by atoms with E-state index >= 15 is 4.39 Å². The van der Waals surface area contributed by atoms with Crippen LogP contribution in [0.15, 0.2) is 41.3 Å². The van der Waals surface area contributed by atoms with E-state index in [4.69, 9.17) is 4.74 Å². The highest BCUT2D eigenvalue weighted by Crippen LogP contribution is 2.47. The second-order valence-corrected chi connectivity index (χ2v) is 11.0. The van der Waals surface area contributed by atoms with Crippen molar-refractivity contribution in [1.29, 1.82) is 0 Å². The lowest BCUT2D eigenvalue weighted by molar-refractivity contribution is -0.126. The lowest BCUT2D eigenvalue weighted by Crippen LogP contribution is -2.41. The number of likely N-dealkylation sites (tertiary alicyclic amines) is 1. The number of nitrogens with zero attached hydrogens (tertiary/aromatic N) is 3. The van der Waals surface area contributed by atoms with Crippen LogP contribution in [-0.4, -0.2) is 71.5 Å². The van der Waals surface area contributed by atoms with Gasteiger partial charge in [-0.2, -0.15) is 0 Å². The summed E-state index contributed by atoms with van der Waals surface area (Å²) in [6, 6.07) is 6.39. The third-order valence-corrected chi connectivity index (χ3v) is 8.25. The van der Waals surface area contributed by atoms with Gasteiger partial charge in [-0.25, -0.2) is 9.18 Å². The first-order valence-corrected chi connectivity index (χ1v) is 13.9. The second kappa shape index (κ2) is 9.86. The molecule has 0 spiro atoms. The molecule has 3 saturated heterocycles. The third kappa shape index (κ3) is 4.23. The zero-order valence-electron chi connectivity index (χ0n) is 22.4. The van der Waals surface area contributed by atoms with Gasteiger partial charge in [0, 0.05) is 38.4 Å². The molecule has 2 atom stereocenters. The molecule has 1 aromatic heterocycles. The minimum absolute atomic E-state index is 0.0183. The Morgan fingerprint density at radius 1 is 1.10 bits per heavy atom. The molecule has 216 valence electrons. The molecule has 0 aliphatic carbocycles. The number of para-hydroxylation sites is 2. The van der Waals surface area contributed by atoms with Gasteiger partial charge in [0.15, 0.2) is 17.3 Å². The number of aromatic nitrogens is 1. The van der Waals surface area contributed by atoms with Gasteiger partial charge in [-0.15, -0.1) is 0 Å². The summed E-state index contributed by atoms with van der Waals surface area (Å²) in [7, 11) is 0. The summed E-state index contributed by atoms with van der Waals surface area (Å²) in [4.78, 5) is 66.1. The zero-order chi connectivity index (χ0) is 29.1. The fourth-order valence-corrected chi connectivity index (χ4v) is 6.25. The molecule has 0 radical (unpaired) electrons. The lowest BCUT2D eigenvalue weighted by Gasteiger charge is -2.29. The first-order chi connectivity index (χ1) is 20.3. The summed E-state index contributed by atoms with van der Waals surface area (Å²) in [5.74, 6) is -1.41. The zero-order valence-corrected chi connectivity index (χ0v) is 22.4. The highest BCUT2D eigenvalue weighted by Gasteiger charge is 2.36. The number of hydrogen-bond acceptors (Lipinski definition) is 7. The first kappa shape index (κ1) is 26.0. The van der Waals surface area contributed by atoms with Gasteiger partial charge in [0.1, 0.15) is 22.8 Å². The van der Waals surface area contributed by atoms with Gasteiger partial charge in [-0.3, -0.25) is 24.5 Å². The first-order valence-electron chi connectivity index (χ1n) is 13.9. The highest BCUT2D eigenvalue weighted by molar-refractivity contribution is 6.06. The Morgan fingerprint density at radius 3 is 2.64 bits per heavy atom. The molecule has 3 N–H and O–H groups in total. The Bertz CT molecular complexity index is 1750. The highest BCUT2D eigenvalue weighted by atomic mass is 19.1. The van der Waals surface area contributed by atoms with Crippen molar-refractivity contribution < 1.29 is 28.3 Å². The molecular formula is C29H27FN6O6. The number of anilines is 1. The number of benzene rings is 2. The standard InChI is InChI=1S/C29H27FN6O6/c30-18-11-16-23-26(24(18)35-10-7-15(13-35)31-22(37)12-19-27(39)33-29(41)32-19)42-21-6-2-1-5-20(21)36(23)14-17(25(16)38)28(40)34-8-3-4-9-34/h1-2,5-6,11,14-15,19H,3-4,7-10,12-13H2,(H,31,37)(H2,32,33,39,41). The molecule has 2 aromatic carbocycles. The van der Waals surface area contributed by atoms with E-state index < -0.39 is 35.1 Å². The van der Waals surface area contributed by atoms with Crippen molar-refractivity contribution in [3.63, 3.8) is 0 Å². The monoisotopic (exact) mass is 574 g/mol. The maximum atomic E-state index is 16.0. The van der Waals surface area contributed by atoms with Crippen LogP contribution in [0.25, 0.3) is 16.6 Å². The number of rotatable bonds is 5. The Labute approximate surface area is 238 Å². The van der Waals surface area contributed by atoms with E-state index in [2.05, 4.69) is 16.0 Å². The van der Waals surface area contributed by atoms with Crippen LogP contribution in [0.4, 0.5) is 14.9 Å². The average molecular weight is 575 g/mol. The van der Waals surface area contributed by atoms with Gasteiger partial charge in [-0.1, -0.05) is 12.1 Å². The molecule has 12 nitrogen and oxygen atoms in total. The van der Waals surface area contributed by atoms with Crippen molar-refractivity contribution in [2.75, 3.05) is 31.1 Å². The SMILES string of the molecule is O=C(CC1NC(=O)NC1=O)NC1CCN(c2c(F)cc3c(=O)c(C(=O)N4CCCC4)cn4c3c2Oc2ccccc2-4)C1. The van der Waals surface area contributed by atoms with Crippen molar-refractivity contribution in [1.82, 2.24) is 25.4 Å². The van der Waals surface area contributed by atoms with Gasteiger partial charge >= 0.3 is 6.03 Å². The van der Waals surface area contributed by atoms with Crippen LogP contribution in [0.1, 0.15) is 36.0 Å². The van der Waals surface area contributed by atoms with Crippen LogP contribution in [-0.2, 0) is 9.59 Å². The smallest absolute Gasteiger partial charge is 0.322 e. The van der Waals surface area contributed by atoms with Crippen LogP contribution in [0.3, 0.4) is 0 Å². The Hall–Kier alpha value is -4.94. The number of imide groups is 1. The number of pyridine rings is 1. The number of urea groups is 1. The predicted molar refractivity (Wildman–Crippen MR) is 149 cm³/mol. The molecule has 5 amide bonds. The molecule has 42 heavy (non-hydrogen) atoms. The largest absolute Gasteiger partial charge is 0.451 e. The van der Waals surface area contributed by atoms with E-state index in [0.29, 0.717) is 43.0 Å². The predicted octanol–water partition coefficient (Wildman–Crippen LogP) is 1.76. The average Bonchev–Trinajstić information content (AvgIpc) is 3.72. The van der Waals surface area contributed by atoms with Crippen LogP contribution < -0.4 is 31.0 Å². The summed E-state index contributed by atoms with van der Waals surface area (Å²) >= 11 is 0. The van der Waals surface area contributed by atoms with Crippen LogP contribution in [0.2, 0.25) is 0 Å².